The van der Waals surface area contributed by atoms with Gasteiger partial charge in [-0.3, -0.25) is 4.90 Å². The van der Waals surface area contributed by atoms with Crippen molar-refractivity contribution in [3.63, 3.8) is 0 Å². The van der Waals surface area contributed by atoms with Crippen LogP contribution in [0.15, 0.2) is 30.3 Å². The van der Waals surface area contributed by atoms with E-state index in [0.29, 0.717) is 13.0 Å². The van der Waals surface area contributed by atoms with Gasteiger partial charge in [0.25, 0.3) is 0 Å². The normalized spacial score (nSPS) is 19.1. The van der Waals surface area contributed by atoms with Crippen molar-refractivity contribution in [3.05, 3.63) is 35.9 Å². The van der Waals surface area contributed by atoms with Gasteiger partial charge in [-0.05, 0) is 52.5 Å². The van der Waals surface area contributed by atoms with Crippen LogP contribution >= 0.6 is 0 Å². The molecule has 0 heterocycles. The van der Waals surface area contributed by atoms with E-state index in [1.54, 1.807) is 0 Å². The maximum absolute atomic E-state index is 12.0. The average molecular weight is 363 g/mol. The maximum Gasteiger partial charge on any atom is 0.408 e. The lowest BCUT2D eigenvalue weighted by atomic mass is 9.93. The van der Waals surface area contributed by atoms with E-state index in [0.717, 1.165) is 18.4 Å². The van der Waals surface area contributed by atoms with Crippen LogP contribution in [0.5, 0.6) is 0 Å². The van der Waals surface area contributed by atoms with Gasteiger partial charge in [-0.25, -0.2) is 4.79 Å². The summed E-state index contributed by atoms with van der Waals surface area (Å²) in [5.74, 6) is 0. The summed E-state index contributed by atoms with van der Waals surface area (Å²) in [4.78, 5) is 13.4. The Hall–Kier alpha value is -1.59. The minimum absolute atomic E-state index is 0.0497. The first-order chi connectivity index (χ1) is 12.1. The molecule has 1 aliphatic carbocycles. The minimum atomic E-state index is -0.996. The molecule has 0 radical (unpaired) electrons. The van der Waals surface area contributed by atoms with Gasteiger partial charge < -0.3 is 15.5 Å². The average Bonchev–Trinajstić information content (AvgIpc) is 2.98. The number of hydrogen-bond acceptors (Lipinski definition) is 3. The highest BCUT2D eigenvalue weighted by Gasteiger charge is 2.38. The molecule has 5 nitrogen and oxygen atoms in total. The Morgan fingerprint density at radius 3 is 2.31 bits per heavy atom. The number of aliphatic hydroxyl groups excluding tert-OH is 1. The van der Waals surface area contributed by atoms with Gasteiger partial charge in [0.2, 0.25) is 0 Å². The molecule has 26 heavy (non-hydrogen) atoms. The molecular weight excluding hydrogens is 328 g/mol. The summed E-state index contributed by atoms with van der Waals surface area (Å²) in [7, 11) is 0. The number of rotatable bonds is 7. The summed E-state index contributed by atoms with van der Waals surface area (Å²) in [6.45, 7) is 8.21. The molecule has 146 valence electrons. The first-order valence-electron chi connectivity index (χ1n) is 9.62. The molecular formula is C21H34N2O3. The molecule has 1 amide bonds. The van der Waals surface area contributed by atoms with Crippen LogP contribution in [0.1, 0.15) is 58.9 Å². The van der Waals surface area contributed by atoms with Gasteiger partial charge in [0.15, 0.2) is 0 Å². The number of carbonyl (C=O) groups is 1. The van der Waals surface area contributed by atoms with Gasteiger partial charge in [-0.15, -0.1) is 0 Å². The van der Waals surface area contributed by atoms with Crippen LogP contribution in [0.4, 0.5) is 4.79 Å². The SMILES string of the molecule is CC1(NC[C@H](O)[C@H](Cc2ccccc2)N(C(=O)O)C(C)(C)C)CCCC1. The van der Waals surface area contributed by atoms with Crippen LogP contribution in [0.3, 0.4) is 0 Å². The van der Waals surface area contributed by atoms with Gasteiger partial charge in [0.1, 0.15) is 0 Å². The van der Waals surface area contributed by atoms with Gasteiger partial charge >= 0.3 is 6.09 Å². The summed E-state index contributed by atoms with van der Waals surface area (Å²) in [6, 6.07) is 9.28. The topological polar surface area (TPSA) is 72.8 Å². The van der Waals surface area contributed by atoms with Crippen LogP contribution in [-0.4, -0.2) is 51.0 Å². The Kier molecular flexibility index (Phi) is 6.69. The standard InChI is InChI=1S/C21H34N2O3/c1-20(2,3)23(19(25)26)17(14-16-10-6-5-7-11-16)18(24)15-22-21(4)12-8-9-13-21/h5-7,10-11,17-18,22,24H,8-9,12-15H2,1-4H3,(H,25,26)/t17-,18-/m0/s1. The maximum atomic E-state index is 12.0. The number of benzene rings is 1. The van der Waals surface area contributed by atoms with Crippen molar-refractivity contribution in [2.24, 2.45) is 0 Å². The second-order valence-electron chi connectivity index (χ2n) is 8.80. The quantitative estimate of drug-likeness (QED) is 0.692. The van der Waals surface area contributed by atoms with E-state index in [1.165, 1.54) is 17.7 Å². The second-order valence-corrected chi connectivity index (χ2v) is 8.80. The first-order valence-corrected chi connectivity index (χ1v) is 9.62. The van der Waals surface area contributed by atoms with Crippen molar-refractivity contribution in [2.75, 3.05) is 6.54 Å². The Labute approximate surface area is 157 Å². The summed E-state index contributed by atoms with van der Waals surface area (Å²) in [5.41, 5.74) is 0.483. The van der Waals surface area contributed by atoms with Crippen molar-refractivity contribution in [2.45, 2.75) is 83.0 Å². The van der Waals surface area contributed by atoms with Crippen molar-refractivity contribution in [3.8, 4) is 0 Å². The van der Waals surface area contributed by atoms with Crippen LogP contribution in [0, 0.1) is 0 Å². The van der Waals surface area contributed by atoms with Gasteiger partial charge in [0, 0.05) is 17.6 Å². The molecule has 1 aromatic carbocycles. The molecule has 0 aliphatic heterocycles. The number of amides is 1. The van der Waals surface area contributed by atoms with Gasteiger partial charge in [-0.1, -0.05) is 43.2 Å². The fourth-order valence-corrected chi connectivity index (χ4v) is 4.00. The summed E-state index contributed by atoms with van der Waals surface area (Å²) < 4.78 is 0. The van der Waals surface area contributed by atoms with Crippen LogP contribution in [0.2, 0.25) is 0 Å². The zero-order valence-electron chi connectivity index (χ0n) is 16.5. The van der Waals surface area contributed by atoms with Crippen molar-refractivity contribution < 1.29 is 15.0 Å². The summed E-state index contributed by atoms with van der Waals surface area (Å²) in [5, 5.41) is 24.3. The lowest BCUT2D eigenvalue weighted by molar-refractivity contribution is 0.00529. The van der Waals surface area contributed by atoms with Crippen molar-refractivity contribution >= 4 is 6.09 Å². The highest BCUT2D eigenvalue weighted by Crippen LogP contribution is 2.29. The highest BCUT2D eigenvalue weighted by atomic mass is 16.4. The Morgan fingerprint density at radius 2 is 1.81 bits per heavy atom. The minimum Gasteiger partial charge on any atom is -0.465 e. The second kappa shape index (κ2) is 8.40. The van der Waals surface area contributed by atoms with E-state index in [1.807, 2.05) is 51.1 Å². The zero-order chi connectivity index (χ0) is 19.4. The molecule has 0 unspecified atom stereocenters. The molecule has 0 aromatic heterocycles. The number of nitrogens with zero attached hydrogens (tertiary/aromatic N) is 1. The molecule has 1 aromatic rings. The lowest BCUT2D eigenvalue weighted by Crippen LogP contribution is -2.59. The fraction of sp³-hybridized carbons (Fsp3) is 0.667. The molecule has 2 atom stereocenters. The molecule has 2 rings (SSSR count). The monoisotopic (exact) mass is 362 g/mol. The molecule has 1 fully saturated rings. The molecule has 5 heteroatoms. The third-order valence-electron chi connectivity index (χ3n) is 5.44. The predicted octanol–water partition coefficient (Wildman–Crippen LogP) is 3.66. The number of hydrogen-bond donors (Lipinski definition) is 3. The lowest BCUT2D eigenvalue weighted by Gasteiger charge is -2.42. The van der Waals surface area contributed by atoms with E-state index in [-0.39, 0.29) is 5.54 Å². The van der Waals surface area contributed by atoms with Crippen LogP contribution in [-0.2, 0) is 6.42 Å². The molecule has 1 saturated carbocycles. The summed E-state index contributed by atoms with van der Waals surface area (Å²) in [6.07, 6.45) is 3.33. The molecule has 1 aliphatic rings. The summed E-state index contributed by atoms with van der Waals surface area (Å²) >= 11 is 0. The largest absolute Gasteiger partial charge is 0.465 e. The third kappa shape index (κ3) is 5.45. The number of carboxylic acid groups (broad SMARTS) is 1. The van der Waals surface area contributed by atoms with Crippen molar-refractivity contribution in [1.29, 1.82) is 0 Å². The molecule has 3 N–H and O–H groups in total. The molecule has 0 spiro atoms. The molecule has 0 saturated heterocycles. The Morgan fingerprint density at radius 1 is 1.23 bits per heavy atom. The predicted molar refractivity (Wildman–Crippen MR) is 104 cm³/mol. The van der Waals surface area contributed by atoms with E-state index in [4.69, 9.17) is 0 Å². The smallest absolute Gasteiger partial charge is 0.408 e. The van der Waals surface area contributed by atoms with Crippen LogP contribution < -0.4 is 5.32 Å². The number of aliphatic hydroxyl groups is 1. The first kappa shape index (κ1) is 20.7. The molecule has 0 bridgehead atoms. The van der Waals surface area contributed by atoms with E-state index in [9.17, 15) is 15.0 Å². The Balaban J connectivity index is 2.19. The third-order valence-corrected chi connectivity index (χ3v) is 5.44. The highest BCUT2D eigenvalue weighted by molar-refractivity contribution is 5.66. The fourth-order valence-electron chi connectivity index (χ4n) is 4.00. The Bertz CT molecular complexity index is 577. The van der Waals surface area contributed by atoms with E-state index in [2.05, 4.69) is 12.2 Å². The van der Waals surface area contributed by atoms with Crippen LogP contribution in [0.25, 0.3) is 0 Å². The van der Waals surface area contributed by atoms with Gasteiger partial charge in [-0.2, -0.15) is 0 Å². The zero-order valence-corrected chi connectivity index (χ0v) is 16.5. The number of β-amino-alcohol motifs (C(OH)–C–C–N with tert-alkyl or cyclic N) is 1. The van der Waals surface area contributed by atoms with E-state index < -0.39 is 23.8 Å². The number of nitrogens with one attached hydrogen (secondary N) is 1. The van der Waals surface area contributed by atoms with Crippen molar-refractivity contribution in [1.82, 2.24) is 10.2 Å². The van der Waals surface area contributed by atoms with Gasteiger partial charge in [0.05, 0.1) is 12.1 Å². The van der Waals surface area contributed by atoms with E-state index >= 15 is 0 Å².